The highest BCUT2D eigenvalue weighted by Crippen LogP contribution is 2.29. The van der Waals surface area contributed by atoms with Crippen LogP contribution in [0.4, 0.5) is 0 Å². The van der Waals surface area contributed by atoms with Crippen LogP contribution in [0.3, 0.4) is 0 Å². The maximum Gasteiger partial charge on any atom is 0.333 e. The first-order valence-electron chi connectivity index (χ1n) is 9.18. The third kappa shape index (κ3) is 4.06. The monoisotopic (exact) mass is 379 g/mol. The Labute approximate surface area is 164 Å². The number of benzene rings is 2. The molecule has 1 N–H and O–H groups in total. The number of carbonyl (C=O) groups excluding carboxylic acids is 1. The molecule has 0 aliphatic carbocycles. The smallest absolute Gasteiger partial charge is 0.333 e. The Kier molecular flexibility index (Phi) is 5.23. The average molecular weight is 379 g/mol. The predicted molar refractivity (Wildman–Crippen MR) is 109 cm³/mol. The third-order valence-electron chi connectivity index (χ3n) is 4.45. The van der Waals surface area contributed by atoms with E-state index >= 15 is 0 Å². The summed E-state index contributed by atoms with van der Waals surface area (Å²) in [5.74, 6) is -0.325. The number of carbonyl (C=O) groups is 1. The minimum Gasteiger partial charge on any atom is -0.506 e. The summed E-state index contributed by atoms with van der Waals surface area (Å²) in [6, 6.07) is 11.1. The fourth-order valence-electron chi connectivity index (χ4n) is 2.92. The number of nitrogens with zero attached hydrogens (tertiary/aromatic N) is 3. The normalized spacial score (nSPS) is 11.6. The lowest BCUT2D eigenvalue weighted by atomic mass is 9.86. The molecule has 3 rings (SSSR count). The summed E-state index contributed by atoms with van der Waals surface area (Å²) >= 11 is 0. The van der Waals surface area contributed by atoms with E-state index in [0.29, 0.717) is 17.7 Å². The van der Waals surface area contributed by atoms with Crippen molar-refractivity contribution in [1.29, 1.82) is 0 Å². The molecule has 0 aliphatic rings. The van der Waals surface area contributed by atoms with E-state index in [-0.39, 0.29) is 17.8 Å². The van der Waals surface area contributed by atoms with Gasteiger partial charge in [0.15, 0.2) is 0 Å². The van der Waals surface area contributed by atoms with Gasteiger partial charge in [-0.2, -0.15) is 0 Å². The summed E-state index contributed by atoms with van der Waals surface area (Å²) in [5, 5.41) is 19.5. The lowest BCUT2D eigenvalue weighted by Gasteiger charge is -2.18. The van der Waals surface area contributed by atoms with Crippen LogP contribution in [0.5, 0.6) is 5.75 Å². The number of fused-ring (bicyclic) bond motifs is 1. The highest BCUT2D eigenvalue weighted by Gasteiger charge is 2.20. The molecule has 0 aliphatic heterocycles. The van der Waals surface area contributed by atoms with E-state index in [1.807, 2.05) is 18.2 Å². The maximum absolute atomic E-state index is 11.5. The molecule has 0 spiro atoms. The van der Waals surface area contributed by atoms with Crippen LogP contribution in [-0.2, 0) is 21.4 Å². The molecule has 0 fully saturated rings. The molecule has 1 aromatic heterocycles. The second-order valence-corrected chi connectivity index (χ2v) is 7.90. The lowest BCUT2D eigenvalue weighted by molar-refractivity contribution is -0.138. The van der Waals surface area contributed by atoms with E-state index < -0.39 is 5.97 Å². The van der Waals surface area contributed by atoms with Crippen LogP contribution in [0.2, 0.25) is 0 Å². The number of hydrogen-bond acceptors (Lipinski definition) is 5. The van der Waals surface area contributed by atoms with Crippen LogP contribution in [0, 0.1) is 0 Å². The van der Waals surface area contributed by atoms with Gasteiger partial charge >= 0.3 is 5.97 Å². The van der Waals surface area contributed by atoms with Gasteiger partial charge in [-0.3, -0.25) is 0 Å². The Hall–Kier alpha value is -3.15. The SMILES string of the molecule is C=C(C)C(=O)OCCc1ccc(O)c(-n2nc3cccc(C(C)(C)C)c3n2)c1. The van der Waals surface area contributed by atoms with Crippen LogP contribution in [0.15, 0.2) is 48.6 Å². The molecule has 0 amide bonds. The van der Waals surface area contributed by atoms with Gasteiger partial charge in [0.05, 0.1) is 6.61 Å². The molecule has 0 saturated carbocycles. The zero-order valence-corrected chi connectivity index (χ0v) is 16.7. The average Bonchev–Trinajstić information content (AvgIpc) is 3.05. The van der Waals surface area contributed by atoms with Crippen molar-refractivity contribution >= 4 is 17.0 Å². The third-order valence-corrected chi connectivity index (χ3v) is 4.45. The fourth-order valence-corrected chi connectivity index (χ4v) is 2.92. The quantitative estimate of drug-likeness (QED) is 0.534. The molecule has 0 atom stereocenters. The molecular formula is C22H25N3O3. The van der Waals surface area contributed by atoms with Crippen molar-refractivity contribution < 1.29 is 14.6 Å². The van der Waals surface area contributed by atoms with Gasteiger partial charge in [0.2, 0.25) is 0 Å². The van der Waals surface area contributed by atoms with Crippen LogP contribution < -0.4 is 0 Å². The number of rotatable bonds is 5. The summed E-state index contributed by atoms with van der Waals surface area (Å²) in [6.45, 7) is 11.8. The van der Waals surface area contributed by atoms with Crippen LogP contribution >= 0.6 is 0 Å². The number of ether oxygens (including phenoxy) is 1. The molecule has 0 bridgehead atoms. The van der Waals surface area contributed by atoms with Crippen molar-refractivity contribution in [3.8, 4) is 11.4 Å². The number of aromatic hydroxyl groups is 1. The fraction of sp³-hybridized carbons (Fsp3) is 0.318. The number of phenols is 1. The van der Waals surface area contributed by atoms with Crippen molar-refractivity contribution in [3.63, 3.8) is 0 Å². The zero-order valence-electron chi connectivity index (χ0n) is 16.7. The predicted octanol–water partition coefficient (Wildman–Crippen LogP) is 4.09. The van der Waals surface area contributed by atoms with Gasteiger partial charge in [0.25, 0.3) is 0 Å². The van der Waals surface area contributed by atoms with Gasteiger partial charge in [0, 0.05) is 12.0 Å². The molecule has 0 radical (unpaired) electrons. The van der Waals surface area contributed by atoms with E-state index in [1.165, 1.54) is 4.80 Å². The number of esters is 1. The van der Waals surface area contributed by atoms with E-state index in [1.54, 1.807) is 25.1 Å². The summed E-state index contributed by atoms with van der Waals surface area (Å²) < 4.78 is 5.15. The van der Waals surface area contributed by atoms with E-state index in [0.717, 1.165) is 22.2 Å². The van der Waals surface area contributed by atoms with Crippen molar-refractivity contribution in [3.05, 3.63) is 59.7 Å². The second-order valence-electron chi connectivity index (χ2n) is 7.90. The van der Waals surface area contributed by atoms with Gasteiger partial charge in [-0.25, -0.2) is 4.79 Å². The first-order chi connectivity index (χ1) is 13.2. The number of phenolic OH excluding ortho intramolecular Hbond substituents is 1. The van der Waals surface area contributed by atoms with Crippen LogP contribution in [0.1, 0.15) is 38.8 Å². The van der Waals surface area contributed by atoms with Gasteiger partial charge in [-0.1, -0.05) is 45.5 Å². The molecule has 146 valence electrons. The standard InChI is InChI=1S/C22H25N3O3/c1-14(2)21(27)28-12-11-15-9-10-19(26)18(13-15)25-23-17-8-6-7-16(20(17)24-25)22(3,4)5/h6-10,13,26H,1,11-12H2,2-5H3. The van der Waals surface area contributed by atoms with E-state index in [4.69, 9.17) is 4.74 Å². The number of hydrogen-bond donors (Lipinski definition) is 1. The highest BCUT2D eigenvalue weighted by atomic mass is 16.5. The second kappa shape index (κ2) is 7.46. The maximum atomic E-state index is 11.5. The summed E-state index contributed by atoms with van der Waals surface area (Å²) in [6.07, 6.45) is 0.514. The molecular weight excluding hydrogens is 354 g/mol. The Morgan fingerprint density at radius 2 is 1.96 bits per heavy atom. The zero-order chi connectivity index (χ0) is 20.5. The molecule has 6 heteroatoms. The van der Waals surface area contributed by atoms with E-state index in [9.17, 15) is 9.90 Å². The minimum absolute atomic E-state index is 0.0720. The summed E-state index contributed by atoms with van der Waals surface area (Å²) in [5.41, 5.74) is 4.37. The van der Waals surface area contributed by atoms with Crippen molar-refractivity contribution in [1.82, 2.24) is 15.0 Å². The molecule has 6 nitrogen and oxygen atoms in total. The number of aromatic nitrogens is 3. The first-order valence-corrected chi connectivity index (χ1v) is 9.18. The molecule has 2 aromatic carbocycles. The van der Waals surface area contributed by atoms with Gasteiger partial charge in [-0.15, -0.1) is 15.0 Å². The lowest BCUT2D eigenvalue weighted by Crippen LogP contribution is -2.11. The summed E-state index contributed by atoms with van der Waals surface area (Å²) in [7, 11) is 0. The topological polar surface area (TPSA) is 77.2 Å². The van der Waals surface area contributed by atoms with Crippen molar-refractivity contribution in [2.24, 2.45) is 0 Å². The first kappa shape index (κ1) is 19.6. The van der Waals surface area contributed by atoms with Gasteiger partial charge in [-0.05, 0) is 41.7 Å². The minimum atomic E-state index is -0.409. The van der Waals surface area contributed by atoms with Crippen LogP contribution in [0.25, 0.3) is 16.7 Å². The largest absolute Gasteiger partial charge is 0.506 e. The summed E-state index contributed by atoms with van der Waals surface area (Å²) in [4.78, 5) is 13.0. The van der Waals surface area contributed by atoms with E-state index in [2.05, 4.69) is 37.5 Å². The Morgan fingerprint density at radius 1 is 1.21 bits per heavy atom. The Balaban J connectivity index is 1.91. The van der Waals surface area contributed by atoms with Gasteiger partial charge in [0.1, 0.15) is 22.5 Å². The molecule has 0 saturated heterocycles. The molecule has 3 aromatic rings. The van der Waals surface area contributed by atoms with Crippen molar-refractivity contribution in [2.75, 3.05) is 6.61 Å². The van der Waals surface area contributed by atoms with Crippen molar-refractivity contribution in [2.45, 2.75) is 39.5 Å². The van der Waals surface area contributed by atoms with Crippen LogP contribution in [-0.4, -0.2) is 32.7 Å². The molecule has 28 heavy (non-hydrogen) atoms. The highest BCUT2D eigenvalue weighted by molar-refractivity contribution is 5.86. The molecule has 0 unspecified atom stereocenters. The molecule has 1 heterocycles. The van der Waals surface area contributed by atoms with Gasteiger partial charge < -0.3 is 9.84 Å². The Morgan fingerprint density at radius 3 is 2.64 bits per heavy atom. The Bertz CT molecular complexity index is 1040.